The molecule has 0 amide bonds. The van der Waals surface area contributed by atoms with Crippen molar-refractivity contribution < 1.29 is 0 Å². The zero-order chi connectivity index (χ0) is 9.10. The topological polar surface area (TPSA) is 12.0 Å². The summed E-state index contributed by atoms with van der Waals surface area (Å²) in [4.78, 5) is 0. The second kappa shape index (κ2) is 3.52. The molecule has 1 aliphatic heterocycles. The van der Waals surface area contributed by atoms with E-state index in [0.717, 1.165) is 0 Å². The minimum Gasteiger partial charge on any atom is -0.434 e. The van der Waals surface area contributed by atoms with Crippen molar-refractivity contribution in [2.24, 2.45) is 0 Å². The van der Waals surface area contributed by atoms with Crippen molar-refractivity contribution in [3.8, 4) is 0 Å². The van der Waals surface area contributed by atoms with Crippen LogP contribution in [0.1, 0.15) is 11.1 Å². The molecule has 1 aromatic rings. The first-order chi connectivity index (χ1) is 6.38. The van der Waals surface area contributed by atoms with Gasteiger partial charge in [-0.2, -0.15) is 0 Å². The van der Waals surface area contributed by atoms with E-state index in [4.69, 9.17) is 0 Å². The smallest absolute Gasteiger partial charge is 0.273 e. The molecule has 63 valence electrons. The molecule has 2 rings (SSSR count). The number of benzene rings is 1. The monoisotopic (exact) mass is 168 g/mol. The molecule has 1 nitrogen and oxygen atoms in total. The third-order valence-corrected chi connectivity index (χ3v) is 2.16. The van der Waals surface area contributed by atoms with Gasteiger partial charge in [0.2, 0.25) is 0 Å². The number of hydrogen-bond donors (Lipinski definition) is 1. The van der Waals surface area contributed by atoms with Crippen LogP contribution in [0.5, 0.6) is 0 Å². The first-order valence-electron chi connectivity index (χ1n) is 4.40. The van der Waals surface area contributed by atoms with Crippen molar-refractivity contribution >= 4 is 13.0 Å². The van der Waals surface area contributed by atoms with E-state index >= 15 is 0 Å². The quantitative estimate of drug-likeness (QED) is 0.633. The molecule has 13 heavy (non-hydrogen) atoms. The van der Waals surface area contributed by atoms with Crippen LogP contribution in [0.3, 0.4) is 0 Å². The fraction of sp³-hybridized carbons (Fsp3) is 0.0909. The largest absolute Gasteiger partial charge is 0.434 e. The van der Waals surface area contributed by atoms with E-state index in [1.807, 2.05) is 19.6 Å². The molecular weight excluding hydrogens is 157 g/mol. The van der Waals surface area contributed by atoms with Crippen LogP contribution in [0.4, 0.5) is 0 Å². The highest BCUT2D eigenvalue weighted by Gasteiger charge is 2.02. The van der Waals surface area contributed by atoms with Crippen LogP contribution in [0.25, 0.3) is 5.57 Å². The molecule has 0 atom stereocenters. The molecule has 0 unspecified atom stereocenters. The van der Waals surface area contributed by atoms with E-state index in [-0.39, 0.29) is 0 Å². The summed E-state index contributed by atoms with van der Waals surface area (Å²) in [5.41, 5.74) is 3.84. The summed E-state index contributed by atoms with van der Waals surface area (Å²) >= 11 is 0. The van der Waals surface area contributed by atoms with Gasteiger partial charge in [-0.1, -0.05) is 36.3 Å². The Morgan fingerprint density at radius 2 is 2.08 bits per heavy atom. The standard InChI is InChI=1S/C11H11BN/c1-9-4-2-3-5-11(9)10-6-7-12-13-8-10/h2-8,13H,1H3. The molecule has 1 radical (unpaired) electrons. The molecule has 2 heteroatoms. The van der Waals surface area contributed by atoms with Gasteiger partial charge in [0, 0.05) is 0 Å². The highest BCUT2D eigenvalue weighted by molar-refractivity contribution is 6.40. The summed E-state index contributed by atoms with van der Waals surface area (Å²) < 4.78 is 0. The third-order valence-electron chi connectivity index (χ3n) is 2.16. The van der Waals surface area contributed by atoms with Crippen LogP contribution in [0.15, 0.2) is 42.5 Å². The van der Waals surface area contributed by atoms with E-state index in [1.165, 1.54) is 16.7 Å². The van der Waals surface area contributed by atoms with Crippen LogP contribution >= 0.6 is 0 Å². The van der Waals surface area contributed by atoms with Gasteiger partial charge in [0.25, 0.3) is 7.41 Å². The van der Waals surface area contributed by atoms with Crippen LogP contribution < -0.4 is 5.23 Å². The molecule has 0 saturated heterocycles. The van der Waals surface area contributed by atoms with Crippen molar-refractivity contribution in [2.45, 2.75) is 6.92 Å². The highest BCUT2D eigenvalue weighted by Crippen LogP contribution is 2.19. The highest BCUT2D eigenvalue weighted by atomic mass is 14.7. The zero-order valence-corrected chi connectivity index (χ0v) is 7.62. The van der Waals surface area contributed by atoms with Gasteiger partial charge in [0.1, 0.15) is 0 Å². The van der Waals surface area contributed by atoms with Crippen LogP contribution in [-0.4, -0.2) is 7.41 Å². The number of hydrogen-bond acceptors (Lipinski definition) is 1. The van der Waals surface area contributed by atoms with Gasteiger partial charge in [-0.15, -0.1) is 0 Å². The molecule has 1 aliphatic rings. The van der Waals surface area contributed by atoms with E-state index in [1.54, 1.807) is 0 Å². The van der Waals surface area contributed by atoms with Gasteiger partial charge < -0.3 is 5.23 Å². The van der Waals surface area contributed by atoms with E-state index in [2.05, 4.69) is 42.5 Å². The maximum Gasteiger partial charge on any atom is 0.273 e. The van der Waals surface area contributed by atoms with Crippen molar-refractivity contribution in [1.82, 2.24) is 5.23 Å². The molecule has 1 heterocycles. The molecule has 0 saturated carbocycles. The maximum absolute atomic E-state index is 3.09. The van der Waals surface area contributed by atoms with Gasteiger partial charge in [-0.25, -0.2) is 0 Å². The lowest BCUT2D eigenvalue weighted by Crippen LogP contribution is -2.13. The molecule has 0 spiro atoms. The second-order valence-electron chi connectivity index (χ2n) is 3.11. The summed E-state index contributed by atoms with van der Waals surface area (Å²) in [6.45, 7) is 2.13. The van der Waals surface area contributed by atoms with Crippen molar-refractivity contribution in [3.05, 3.63) is 53.6 Å². The van der Waals surface area contributed by atoms with Crippen LogP contribution in [0, 0.1) is 6.92 Å². The Balaban J connectivity index is 2.40. The minimum atomic E-state index is 1.24. The SMILES string of the molecule is Cc1ccccc1C1=CN[B]C=C1. The molecule has 0 fully saturated rings. The second-order valence-corrected chi connectivity index (χ2v) is 3.11. The fourth-order valence-electron chi connectivity index (χ4n) is 1.46. The van der Waals surface area contributed by atoms with Gasteiger partial charge in [0.05, 0.1) is 0 Å². The number of allylic oxidation sites excluding steroid dienone is 2. The lowest BCUT2D eigenvalue weighted by atomic mass is 9.88. The van der Waals surface area contributed by atoms with Crippen LogP contribution in [0.2, 0.25) is 0 Å². The Kier molecular flexibility index (Phi) is 2.22. The number of nitrogens with one attached hydrogen (secondary N) is 1. The minimum absolute atomic E-state index is 1.24. The Labute approximate surface area is 79.4 Å². The Hall–Kier alpha value is -1.44. The summed E-state index contributed by atoms with van der Waals surface area (Å²) in [6.07, 6.45) is 4.13. The first-order valence-corrected chi connectivity index (χ1v) is 4.40. The Morgan fingerprint density at radius 3 is 2.77 bits per heavy atom. The summed E-state index contributed by atoms with van der Waals surface area (Å²) in [5, 5.41) is 3.09. The average molecular weight is 168 g/mol. The molecule has 1 N–H and O–H groups in total. The van der Waals surface area contributed by atoms with Crippen molar-refractivity contribution in [3.63, 3.8) is 0 Å². The van der Waals surface area contributed by atoms with Gasteiger partial charge in [-0.05, 0) is 29.8 Å². The van der Waals surface area contributed by atoms with Gasteiger partial charge in [0.15, 0.2) is 0 Å². The lowest BCUT2D eigenvalue weighted by Gasteiger charge is -2.10. The van der Waals surface area contributed by atoms with E-state index in [0.29, 0.717) is 0 Å². The molecule has 0 bridgehead atoms. The van der Waals surface area contributed by atoms with E-state index in [9.17, 15) is 0 Å². The van der Waals surface area contributed by atoms with Crippen molar-refractivity contribution in [1.29, 1.82) is 0 Å². The molecule has 0 aliphatic carbocycles. The first kappa shape index (κ1) is 8.18. The normalized spacial score (nSPS) is 14.4. The third kappa shape index (κ3) is 1.67. The number of rotatable bonds is 1. The summed E-state index contributed by atoms with van der Waals surface area (Å²) in [6, 6.07) is 8.39. The van der Waals surface area contributed by atoms with Gasteiger partial charge in [-0.3, -0.25) is 0 Å². The summed E-state index contributed by atoms with van der Waals surface area (Å²) in [5.74, 6) is 2.02. The predicted molar refractivity (Wildman–Crippen MR) is 57.2 cm³/mol. The molecular formula is C11H11BN. The Morgan fingerprint density at radius 1 is 1.23 bits per heavy atom. The number of aryl methyl sites for hydroxylation is 1. The fourth-order valence-corrected chi connectivity index (χ4v) is 1.46. The maximum atomic E-state index is 3.09. The lowest BCUT2D eigenvalue weighted by molar-refractivity contribution is 1.34. The average Bonchev–Trinajstić information content (AvgIpc) is 2.20. The van der Waals surface area contributed by atoms with Crippen LogP contribution in [-0.2, 0) is 0 Å². The van der Waals surface area contributed by atoms with E-state index < -0.39 is 0 Å². The van der Waals surface area contributed by atoms with Gasteiger partial charge >= 0.3 is 0 Å². The Bertz CT molecular complexity index is 366. The zero-order valence-electron chi connectivity index (χ0n) is 7.62. The summed E-state index contributed by atoms with van der Waals surface area (Å²) in [7, 11) is 1.92. The molecule has 1 aromatic carbocycles. The molecule has 0 aromatic heterocycles. The van der Waals surface area contributed by atoms with Crippen molar-refractivity contribution in [2.75, 3.05) is 0 Å². The predicted octanol–water partition coefficient (Wildman–Crippen LogP) is 2.07.